The quantitative estimate of drug-likeness (QED) is 0.337. The molecule has 2 heterocycles. The third-order valence-electron chi connectivity index (χ3n) is 6.61. The molecular weight excluding hydrogens is 446 g/mol. The molecule has 6 N–H and O–H groups in total. The Balaban J connectivity index is 1.52. The standard InChI is InChI=1S/C24H31NO9/c1-25-6-5-13-9-19(32-2)17(28)10-14(13)15(25)7-12-3-4-18(16(27)8-12)33-24-23(31)22(30)21(29)20(11-26)34-24/h3-4,8-10,15,20-24,26-31H,5-7,11H2,1-2H3/t15-,20-,21-,22+,23-,24-/m1/s1. The Morgan fingerprint density at radius 2 is 1.74 bits per heavy atom. The zero-order chi connectivity index (χ0) is 24.6. The Bertz CT molecular complexity index is 1010. The number of phenols is 2. The Kier molecular flexibility index (Phi) is 7.17. The van der Waals surface area contributed by atoms with E-state index < -0.39 is 37.3 Å². The summed E-state index contributed by atoms with van der Waals surface area (Å²) in [6.45, 7) is 0.253. The van der Waals surface area contributed by atoms with Crippen molar-refractivity contribution in [2.75, 3.05) is 27.3 Å². The van der Waals surface area contributed by atoms with E-state index >= 15 is 0 Å². The summed E-state index contributed by atoms with van der Waals surface area (Å²) >= 11 is 0. The molecule has 0 unspecified atom stereocenters. The van der Waals surface area contributed by atoms with Gasteiger partial charge in [-0.05, 0) is 60.8 Å². The second-order valence-corrected chi connectivity index (χ2v) is 8.79. The molecule has 1 fully saturated rings. The van der Waals surface area contributed by atoms with Gasteiger partial charge in [0.1, 0.15) is 24.4 Å². The number of phenolic OH excluding ortho intramolecular Hbond substituents is 2. The largest absolute Gasteiger partial charge is 0.504 e. The molecule has 0 saturated carbocycles. The Morgan fingerprint density at radius 3 is 2.41 bits per heavy atom. The van der Waals surface area contributed by atoms with E-state index in [9.17, 15) is 30.6 Å². The van der Waals surface area contributed by atoms with E-state index in [2.05, 4.69) is 4.90 Å². The lowest BCUT2D eigenvalue weighted by atomic mass is 9.88. The highest BCUT2D eigenvalue weighted by Gasteiger charge is 2.45. The van der Waals surface area contributed by atoms with Gasteiger partial charge < -0.3 is 44.8 Å². The van der Waals surface area contributed by atoms with Gasteiger partial charge in [-0.2, -0.15) is 0 Å². The number of benzene rings is 2. The molecule has 10 nitrogen and oxygen atoms in total. The van der Waals surface area contributed by atoms with Gasteiger partial charge in [0, 0.05) is 12.6 Å². The molecule has 0 aliphatic carbocycles. The van der Waals surface area contributed by atoms with Crippen molar-refractivity contribution in [3.8, 4) is 23.0 Å². The summed E-state index contributed by atoms with van der Waals surface area (Å²) in [5, 5.41) is 60.2. The number of nitrogens with zero attached hydrogens (tertiary/aromatic N) is 1. The van der Waals surface area contributed by atoms with Crippen LogP contribution in [-0.2, 0) is 17.6 Å². The number of ether oxygens (including phenoxy) is 3. The monoisotopic (exact) mass is 477 g/mol. The van der Waals surface area contributed by atoms with Gasteiger partial charge in [0.2, 0.25) is 6.29 Å². The molecule has 0 radical (unpaired) electrons. The predicted molar refractivity (Wildman–Crippen MR) is 120 cm³/mol. The average molecular weight is 478 g/mol. The van der Waals surface area contributed by atoms with E-state index in [0.717, 1.165) is 29.7 Å². The van der Waals surface area contributed by atoms with Crippen molar-refractivity contribution in [2.24, 2.45) is 0 Å². The van der Waals surface area contributed by atoms with Crippen LogP contribution in [0.4, 0.5) is 0 Å². The number of aromatic hydroxyl groups is 2. The first kappa shape index (κ1) is 24.5. The van der Waals surface area contributed by atoms with Gasteiger partial charge >= 0.3 is 0 Å². The van der Waals surface area contributed by atoms with Gasteiger partial charge in [-0.25, -0.2) is 0 Å². The van der Waals surface area contributed by atoms with E-state index in [1.165, 1.54) is 13.2 Å². The van der Waals surface area contributed by atoms with Crippen LogP contribution in [-0.4, -0.2) is 93.6 Å². The lowest BCUT2D eigenvalue weighted by Gasteiger charge is -2.39. The molecule has 34 heavy (non-hydrogen) atoms. The third-order valence-corrected chi connectivity index (χ3v) is 6.61. The lowest BCUT2D eigenvalue weighted by Crippen LogP contribution is -2.60. The molecule has 2 aliphatic heterocycles. The van der Waals surface area contributed by atoms with E-state index in [1.54, 1.807) is 18.2 Å². The second-order valence-electron chi connectivity index (χ2n) is 8.79. The second kappa shape index (κ2) is 9.95. The summed E-state index contributed by atoms with van der Waals surface area (Å²) in [7, 11) is 3.52. The molecule has 6 atom stereocenters. The van der Waals surface area contributed by atoms with Gasteiger partial charge in [-0.3, -0.25) is 4.90 Å². The third kappa shape index (κ3) is 4.65. The highest BCUT2D eigenvalue weighted by molar-refractivity contribution is 5.49. The highest BCUT2D eigenvalue weighted by atomic mass is 16.7. The molecule has 0 spiro atoms. The zero-order valence-corrected chi connectivity index (χ0v) is 19.0. The maximum atomic E-state index is 10.6. The normalized spacial score (nSPS) is 29.5. The summed E-state index contributed by atoms with van der Waals surface area (Å²) in [4.78, 5) is 2.18. The maximum Gasteiger partial charge on any atom is 0.229 e. The fourth-order valence-corrected chi connectivity index (χ4v) is 4.58. The first-order chi connectivity index (χ1) is 16.2. The lowest BCUT2D eigenvalue weighted by molar-refractivity contribution is -0.277. The fourth-order valence-electron chi connectivity index (χ4n) is 4.58. The number of aliphatic hydroxyl groups excluding tert-OH is 4. The number of hydrogen-bond acceptors (Lipinski definition) is 10. The van der Waals surface area contributed by atoms with Crippen molar-refractivity contribution in [1.29, 1.82) is 0 Å². The Labute approximate surface area is 197 Å². The number of likely N-dealkylation sites (N-methyl/N-ethyl adjacent to an activating group) is 1. The number of methoxy groups -OCH3 is 1. The van der Waals surface area contributed by atoms with Crippen LogP contribution in [0.25, 0.3) is 0 Å². The van der Waals surface area contributed by atoms with Crippen molar-refractivity contribution >= 4 is 0 Å². The van der Waals surface area contributed by atoms with Gasteiger partial charge in [0.15, 0.2) is 23.0 Å². The summed E-state index contributed by atoms with van der Waals surface area (Å²) in [5.74, 6) is 0.348. The van der Waals surface area contributed by atoms with Gasteiger partial charge in [-0.1, -0.05) is 6.07 Å². The van der Waals surface area contributed by atoms with Crippen molar-refractivity contribution in [1.82, 2.24) is 4.90 Å². The minimum atomic E-state index is -1.58. The number of aliphatic hydroxyl groups is 4. The van der Waals surface area contributed by atoms with Crippen LogP contribution in [0.2, 0.25) is 0 Å². The maximum absolute atomic E-state index is 10.6. The summed E-state index contributed by atoms with van der Waals surface area (Å²) in [5.41, 5.74) is 2.91. The molecule has 4 rings (SSSR count). The van der Waals surface area contributed by atoms with E-state index in [-0.39, 0.29) is 23.3 Å². The molecule has 2 aromatic carbocycles. The molecule has 2 aliphatic rings. The van der Waals surface area contributed by atoms with Crippen molar-refractivity contribution in [3.05, 3.63) is 47.0 Å². The molecule has 0 bridgehead atoms. The van der Waals surface area contributed by atoms with Crippen LogP contribution in [0, 0.1) is 0 Å². The average Bonchev–Trinajstić information content (AvgIpc) is 2.82. The van der Waals surface area contributed by atoms with Crippen molar-refractivity contribution < 1.29 is 44.8 Å². The summed E-state index contributed by atoms with van der Waals surface area (Å²) in [6, 6.07) is 8.40. The van der Waals surface area contributed by atoms with E-state index in [1.807, 2.05) is 13.1 Å². The fraction of sp³-hybridized carbons (Fsp3) is 0.500. The minimum Gasteiger partial charge on any atom is -0.504 e. The number of hydrogen-bond donors (Lipinski definition) is 6. The summed E-state index contributed by atoms with van der Waals surface area (Å²) < 4.78 is 16.1. The smallest absolute Gasteiger partial charge is 0.229 e. The van der Waals surface area contributed by atoms with E-state index in [0.29, 0.717) is 12.2 Å². The van der Waals surface area contributed by atoms with Gasteiger partial charge in [-0.15, -0.1) is 0 Å². The van der Waals surface area contributed by atoms with Crippen LogP contribution in [0.5, 0.6) is 23.0 Å². The first-order valence-corrected chi connectivity index (χ1v) is 11.1. The molecule has 0 amide bonds. The Morgan fingerprint density at radius 1 is 1.00 bits per heavy atom. The highest BCUT2D eigenvalue weighted by Crippen LogP contribution is 2.39. The zero-order valence-electron chi connectivity index (χ0n) is 19.0. The van der Waals surface area contributed by atoms with Crippen LogP contribution < -0.4 is 9.47 Å². The molecule has 186 valence electrons. The number of fused-ring (bicyclic) bond motifs is 1. The van der Waals surface area contributed by atoms with Gasteiger partial charge in [0.25, 0.3) is 0 Å². The minimum absolute atomic E-state index is 0.0212. The SMILES string of the molecule is COc1cc2c(cc1O)[C@@H](Cc1ccc(O[C@@H]3O[C@H](CO)[C@@H](O)[C@H](O)[C@H]3O)c(O)c1)N(C)CC2. The van der Waals surface area contributed by atoms with Gasteiger partial charge in [0.05, 0.1) is 13.7 Å². The summed E-state index contributed by atoms with van der Waals surface area (Å²) in [6.07, 6.45) is -5.75. The first-order valence-electron chi connectivity index (χ1n) is 11.1. The number of rotatable bonds is 6. The van der Waals surface area contributed by atoms with Crippen molar-refractivity contribution in [3.63, 3.8) is 0 Å². The van der Waals surface area contributed by atoms with Crippen LogP contribution in [0.1, 0.15) is 22.7 Å². The van der Waals surface area contributed by atoms with Crippen LogP contribution >= 0.6 is 0 Å². The Hall–Kier alpha value is -2.60. The topological polar surface area (TPSA) is 152 Å². The molecular formula is C24H31NO9. The molecule has 2 aromatic rings. The molecule has 1 saturated heterocycles. The van der Waals surface area contributed by atoms with Crippen LogP contribution in [0.3, 0.4) is 0 Å². The van der Waals surface area contributed by atoms with Crippen molar-refractivity contribution in [2.45, 2.75) is 49.6 Å². The van der Waals surface area contributed by atoms with Crippen LogP contribution in [0.15, 0.2) is 30.3 Å². The van der Waals surface area contributed by atoms with E-state index in [4.69, 9.17) is 14.2 Å². The molecule has 0 aromatic heterocycles. The molecule has 10 heteroatoms. The predicted octanol–water partition coefficient (Wildman–Crippen LogP) is 0.0568.